The standard InChI is InChI=1S/C13H20O2P2/c1-9(2)4-5-10-6-7-11(13(14)15-3)12(8-10)17-16/h6-9,17H,4-5,16H2,1-3H3. The SMILES string of the molecule is COC(=O)c1ccc(CCC(C)C)cc1PP. The van der Waals surface area contributed by atoms with Crippen molar-refractivity contribution in [1.82, 2.24) is 0 Å². The van der Waals surface area contributed by atoms with Crippen LogP contribution in [0.15, 0.2) is 18.2 Å². The molecule has 0 bridgehead atoms. The number of esters is 1. The Kier molecular flexibility index (Phi) is 6.09. The van der Waals surface area contributed by atoms with Crippen LogP contribution in [0.2, 0.25) is 0 Å². The molecule has 4 heteroatoms. The van der Waals surface area contributed by atoms with Gasteiger partial charge in [0.15, 0.2) is 0 Å². The summed E-state index contributed by atoms with van der Waals surface area (Å²) in [7, 11) is 4.65. The zero-order valence-corrected chi connectivity index (χ0v) is 12.8. The van der Waals surface area contributed by atoms with Gasteiger partial charge >= 0.3 is 5.97 Å². The van der Waals surface area contributed by atoms with E-state index >= 15 is 0 Å². The second-order valence-corrected chi connectivity index (χ2v) is 6.14. The summed E-state index contributed by atoms with van der Waals surface area (Å²) in [5.74, 6) is 0.461. The number of hydrogen-bond acceptors (Lipinski definition) is 2. The van der Waals surface area contributed by atoms with Gasteiger partial charge in [-0.15, -0.1) is 8.93 Å². The predicted molar refractivity (Wildman–Crippen MR) is 78.6 cm³/mol. The van der Waals surface area contributed by atoms with Gasteiger partial charge < -0.3 is 4.74 Å². The second kappa shape index (κ2) is 7.09. The number of carbonyl (C=O) groups excluding carboxylic acids is 1. The third-order valence-corrected chi connectivity index (χ3v) is 4.31. The van der Waals surface area contributed by atoms with E-state index in [2.05, 4.69) is 28.8 Å². The summed E-state index contributed by atoms with van der Waals surface area (Å²) in [6.07, 6.45) is 2.25. The summed E-state index contributed by atoms with van der Waals surface area (Å²) in [5.41, 5.74) is 1.99. The van der Waals surface area contributed by atoms with E-state index in [-0.39, 0.29) is 5.97 Å². The van der Waals surface area contributed by atoms with Gasteiger partial charge in [-0.25, -0.2) is 4.79 Å². The maximum atomic E-state index is 11.5. The van der Waals surface area contributed by atoms with E-state index in [1.54, 1.807) is 0 Å². The summed E-state index contributed by atoms with van der Waals surface area (Å²) in [6.45, 7) is 4.45. The topological polar surface area (TPSA) is 26.3 Å². The van der Waals surface area contributed by atoms with E-state index < -0.39 is 0 Å². The molecule has 0 N–H and O–H groups in total. The zero-order valence-electron chi connectivity index (χ0n) is 10.6. The number of aryl methyl sites for hydroxylation is 1. The molecule has 0 heterocycles. The van der Waals surface area contributed by atoms with Crippen LogP contribution in [0, 0.1) is 5.92 Å². The second-order valence-electron chi connectivity index (χ2n) is 4.45. The Balaban J connectivity index is 2.88. The first-order valence-corrected chi connectivity index (χ1v) is 8.57. The molecular formula is C13H20O2P2. The van der Waals surface area contributed by atoms with Crippen LogP contribution in [0.4, 0.5) is 0 Å². The third-order valence-electron chi connectivity index (χ3n) is 2.66. The lowest BCUT2D eigenvalue weighted by molar-refractivity contribution is 0.0602. The summed E-state index contributed by atoms with van der Waals surface area (Å²) in [5, 5.41) is 1.07. The molecule has 17 heavy (non-hydrogen) atoms. The minimum atomic E-state index is -0.245. The molecule has 2 nitrogen and oxygen atoms in total. The van der Waals surface area contributed by atoms with Crippen molar-refractivity contribution in [3.05, 3.63) is 29.3 Å². The number of ether oxygens (including phenoxy) is 1. The summed E-state index contributed by atoms with van der Waals surface area (Å²) < 4.78 is 4.77. The van der Waals surface area contributed by atoms with Gasteiger partial charge in [0.1, 0.15) is 0 Å². The van der Waals surface area contributed by atoms with Crippen molar-refractivity contribution in [2.75, 3.05) is 7.11 Å². The van der Waals surface area contributed by atoms with Crippen LogP contribution in [-0.2, 0) is 11.2 Å². The maximum absolute atomic E-state index is 11.5. The van der Waals surface area contributed by atoms with Crippen molar-refractivity contribution < 1.29 is 9.53 Å². The van der Waals surface area contributed by atoms with Crippen molar-refractivity contribution >= 4 is 28.5 Å². The summed E-state index contributed by atoms with van der Waals surface area (Å²) in [4.78, 5) is 11.5. The van der Waals surface area contributed by atoms with Gasteiger partial charge in [-0.1, -0.05) is 34.2 Å². The van der Waals surface area contributed by atoms with Gasteiger partial charge in [0.05, 0.1) is 12.7 Å². The van der Waals surface area contributed by atoms with Gasteiger partial charge in [-0.05, 0) is 35.7 Å². The van der Waals surface area contributed by atoms with Crippen LogP contribution in [0.3, 0.4) is 0 Å². The highest BCUT2D eigenvalue weighted by molar-refractivity contribution is 8.06. The number of rotatable bonds is 5. The molecule has 0 spiro atoms. The minimum Gasteiger partial charge on any atom is -0.465 e. The quantitative estimate of drug-likeness (QED) is 0.607. The van der Waals surface area contributed by atoms with E-state index in [1.165, 1.54) is 19.1 Å². The highest BCUT2D eigenvalue weighted by Gasteiger charge is 2.11. The van der Waals surface area contributed by atoms with Crippen molar-refractivity contribution in [3.8, 4) is 0 Å². The van der Waals surface area contributed by atoms with Crippen LogP contribution >= 0.6 is 17.2 Å². The van der Waals surface area contributed by atoms with Crippen LogP contribution < -0.4 is 5.30 Å². The molecular weight excluding hydrogens is 250 g/mol. The van der Waals surface area contributed by atoms with Crippen LogP contribution in [-0.4, -0.2) is 13.1 Å². The smallest absolute Gasteiger partial charge is 0.338 e. The molecule has 1 aromatic carbocycles. The molecule has 2 unspecified atom stereocenters. The number of methoxy groups -OCH3 is 1. The first-order valence-electron chi connectivity index (χ1n) is 5.76. The lowest BCUT2D eigenvalue weighted by Crippen LogP contribution is -2.13. The molecule has 0 saturated heterocycles. The van der Waals surface area contributed by atoms with Crippen molar-refractivity contribution in [2.45, 2.75) is 26.7 Å². The minimum absolute atomic E-state index is 0.245. The van der Waals surface area contributed by atoms with Crippen LogP contribution in [0.5, 0.6) is 0 Å². The lowest BCUT2D eigenvalue weighted by atomic mass is 10.0. The average Bonchev–Trinajstić information content (AvgIpc) is 2.34. The van der Waals surface area contributed by atoms with Gasteiger partial charge in [-0.2, -0.15) is 0 Å². The zero-order chi connectivity index (χ0) is 12.8. The van der Waals surface area contributed by atoms with Crippen molar-refractivity contribution in [1.29, 1.82) is 0 Å². The highest BCUT2D eigenvalue weighted by Crippen LogP contribution is 2.23. The van der Waals surface area contributed by atoms with E-state index in [0.29, 0.717) is 19.8 Å². The normalized spacial score (nSPS) is 11.4. The molecule has 0 aromatic heterocycles. The number of benzene rings is 1. The van der Waals surface area contributed by atoms with Gasteiger partial charge in [-0.3, -0.25) is 0 Å². The molecule has 0 amide bonds. The Morgan fingerprint density at radius 1 is 1.47 bits per heavy atom. The van der Waals surface area contributed by atoms with Crippen LogP contribution in [0.1, 0.15) is 36.2 Å². The highest BCUT2D eigenvalue weighted by atomic mass is 32.0. The Hall–Kier alpha value is -0.450. The molecule has 0 fully saturated rings. The molecule has 1 rings (SSSR count). The molecule has 0 radical (unpaired) electrons. The largest absolute Gasteiger partial charge is 0.465 e. The van der Waals surface area contributed by atoms with E-state index in [4.69, 9.17) is 4.74 Å². The number of hydrogen-bond donors (Lipinski definition) is 0. The fourth-order valence-electron chi connectivity index (χ4n) is 1.61. The summed E-state index contributed by atoms with van der Waals surface area (Å²) >= 11 is 0. The fourth-order valence-corrected chi connectivity index (χ4v) is 2.94. The van der Waals surface area contributed by atoms with Gasteiger partial charge in [0, 0.05) is 0 Å². The van der Waals surface area contributed by atoms with Crippen molar-refractivity contribution in [3.63, 3.8) is 0 Å². The Labute approximate surface area is 107 Å². The van der Waals surface area contributed by atoms with Gasteiger partial charge in [0.25, 0.3) is 0 Å². The third kappa shape index (κ3) is 4.37. The fraction of sp³-hybridized carbons (Fsp3) is 0.462. The maximum Gasteiger partial charge on any atom is 0.338 e. The molecule has 0 saturated carbocycles. The molecule has 0 aliphatic heterocycles. The molecule has 1 aromatic rings. The summed E-state index contributed by atoms with van der Waals surface area (Å²) in [6, 6.07) is 6.04. The van der Waals surface area contributed by atoms with Gasteiger partial charge in [0.2, 0.25) is 0 Å². The number of carbonyl (C=O) groups is 1. The molecule has 2 atom stereocenters. The molecule has 0 aliphatic rings. The Morgan fingerprint density at radius 2 is 2.18 bits per heavy atom. The Morgan fingerprint density at radius 3 is 2.71 bits per heavy atom. The molecule has 94 valence electrons. The monoisotopic (exact) mass is 270 g/mol. The lowest BCUT2D eigenvalue weighted by Gasteiger charge is -2.09. The first kappa shape index (κ1) is 14.6. The van der Waals surface area contributed by atoms with Crippen LogP contribution in [0.25, 0.3) is 0 Å². The first-order chi connectivity index (χ1) is 8.08. The van der Waals surface area contributed by atoms with E-state index in [0.717, 1.165) is 11.7 Å². The molecule has 0 aliphatic carbocycles. The Bertz CT molecular complexity index is 389. The van der Waals surface area contributed by atoms with E-state index in [9.17, 15) is 4.79 Å². The van der Waals surface area contributed by atoms with Crippen molar-refractivity contribution in [2.24, 2.45) is 5.92 Å². The predicted octanol–water partition coefficient (Wildman–Crippen LogP) is 3.16. The average molecular weight is 270 g/mol. The van der Waals surface area contributed by atoms with E-state index in [1.807, 2.05) is 12.1 Å².